The number of amides is 2. The fourth-order valence-electron chi connectivity index (χ4n) is 2.85. The highest BCUT2D eigenvalue weighted by atomic mass is 16.4. The Morgan fingerprint density at radius 2 is 1.85 bits per heavy atom. The summed E-state index contributed by atoms with van der Waals surface area (Å²) in [4.78, 5) is 42.3. The molecule has 1 rings (SSSR count). The van der Waals surface area contributed by atoms with Crippen molar-refractivity contribution >= 4 is 17.8 Å². The maximum Gasteiger partial charge on any atom is 0.331 e. The molecule has 0 aromatic heterocycles. The van der Waals surface area contributed by atoms with Crippen LogP contribution in [0.1, 0.15) is 27.7 Å². The molecule has 0 bridgehead atoms. The predicted molar refractivity (Wildman–Crippen MR) is 104 cm³/mol. The molecule has 2 unspecified atom stereocenters. The molecule has 0 saturated carbocycles. The summed E-state index contributed by atoms with van der Waals surface area (Å²) in [7, 11) is 5.50. The number of carboxylic acid groups (broad SMARTS) is 1. The zero-order valence-corrected chi connectivity index (χ0v) is 17.6. The van der Waals surface area contributed by atoms with Crippen LogP contribution in [0.2, 0.25) is 0 Å². The number of rotatable bonds is 6. The molecule has 0 spiro atoms. The van der Waals surface area contributed by atoms with Crippen LogP contribution in [0.3, 0.4) is 0 Å². The Balaban J connectivity index is 2.89. The summed E-state index contributed by atoms with van der Waals surface area (Å²) in [5, 5.41) is 11.9. The third-order valence-corrected chi connectivity index (χ3v) is 4.94. The Morgan fingerprint density at radius 1 is 1.26 bits per heavy atom. The van der Waals surface area contributed by atoms with Gasteiger partial charge < -0.3 is 20.2 Å². The molecule has 1 heterocycles. The Bertz CT molecular complexity index is 597. The maximum atomic E-state index is 12.9. The first-order valence-electron chi connectivity index (χ1n) is 9.18. The van der Waals surface area contributed by atoms with E-state index in [1.54, 1.807) is 7.05 Å². The lowest BCUT2D eigenvalue weighted by Gasteiger charge is -2.39. The van der Waals surface area contributed by atoms with Crippen LogP contribution >= 0.6 is 0 Å². The van der Waals surface area contributed by atoms with Gasteiger partial charge in [-0.15, -0.1) is 0 Å². The number of carboxylic acids is 1. The molecule has 8 nitrogen and oxygen atoms in total. The topological polar surface area (TPSA) is 93.2 Å². The van der Waals surface area contributed by atoms with Crippen LogP contribution in [0.5, 0.6) is 0 Å². The van der Waals surface area contributed by atoms with Crippen LogP contribution in [-0.2, 0) is 14.4 Å². The first-order chi connectivity index (χ1) is 12.3. The highest BCUT2D eigenvalue weighted by Crippen LogP contribution is 2.21. The number of carbonyl (C=O) groups excluding carboxylic acids is 2. The van der Waals surface area contributed by atoms with Gasteiger partial charge in [0, 0.05) is 38.8 Å². The second-order valence-corrected chi connectivity index (χ2v) is 8.48. The molecule has 2 amide bonds. The number of nitrogens with one attached hydrogen (secondary N) is 1. The summed E-state index contributed by atoms with van der Waals surface area (Å²) in [6.45, 7) is 9.67. The normalized spacial score (nSPS) is 20.9. The highest BCUT2D eigenvalue weighted by Gasteiger charge is 2.37. The van der Waals surface area contributed by atoms with Gasteiger partial charge in [0.05, 0.1) is 0 Å². The molecule has 27 heavy (non-hydrogen) atoms. The van der Waals surface area contributed by atoms with Crippen molar-refractivity contribution in [3.8, 4) is 0 Å². The Labute approximate surface area is 162 Å². The molecule has 1 aliphatic rings. The summed E-state index contributed by atoms with van der Waals surface area (Å²) in [5.74, 6) is -1.42. The predicted octanol–water partition coefficient (Wildman–Crippen LogP) is 0.252. The van der Waals surface area contributed by atoms with E-state index in [2.05, 4.69) is 10.2 Å². The Kier molecular flexibility index (Phi) is 7.98. The summed E-state index contributed by atoms with van der Waals surface area (Å²) >= 11 is 0. The van der Waals surface area contributed by atoms with E-state index >= 15 is 0 Å². The summed E-state index contributed by atoms with van der Waals surface area (Å²) in [6.07, 6.45) is 1.49. The van der Waals surface area contributed by atoms with E-state index in [1.807, 2.05) is 39.8 Å². The van der Waals surface area contributed by atoms with E-state index in [0.29, 0.717) is 6.54 Å². The molecule has 0 radical (unpaired) electrons. The van der Waals surface area contributed by atoms with Crippen molar-refractivity contribution < 1.29 is 19.5 Å². The van der Waals surface area contributed by atoms with Crippen LogP contribution in [0, 0.1) is 5.41 Å². The van der Waals surface area contributed by atoms with Crippen molar-refractivity contribution in [2.75, 3.05) is 47.3 Å². The monoisotopic (exact) mass is 382 g/mol. The Morgan fingerprint density at radius 3 is 2.37 bits per heavy atom. The van der Waals surface area contributed by atoms with Crippen molar-refractivity contribution in [2.24, 2.45) is 5.41 Å². The molecule has 1 aliphatic heterocycles. The lowest BCUT2D eigenvalue weighted by atomic mass is 9.85. The lowest BCUT2D eigenvalue weighted by Crippen LogP contribution is -2.61. The minimum atomic E-state index is -1.01. The minimum Gasteiger partial charge on any atom is -0.478 e. The van der Waals surface area contributed by atoms with Gasteiger partial charge in [-0.25, -0.2) is 4.79 Å². The zero-order valence-electron chi connectivity index (χ0n) is 17.6. The molecule has 0 aromatic rings. The smallest absolute Gasteiger partial charge is 0.331 e. The van der Waals surface area contributed by atoms with E-state index in [9.17, 15) is 14.4 Å². The van der Waals surface area contributed by atoms with Gasteiger partial charge in [0.25, 0.3) is 0 Å². The van der Waals surface area contributed by atoms with E-state index in [0.717, 1.165) is 13.1 Å². The van der Waals surface area contributed by atoms with Gasteiger partial charge in [-0.05, 0) is 26.4 Å². The van der Waals surface area contributed by atoms with Gasteiger partial charge in [0.2, 0.25) is 11.8 Å². The van der Waals surface area contributed by atoms with Gasteiger partial charge in [0.1, 0.15) is 12.1 Å². The summed E-state index contributed by atoms with van der Waals surface area (Å²) in [6, 6.07) is -1.00. The minimum absolute atomic E-state index is 0.164. The third kappa shape index (κ3) is 6.62. The first kappa shape index (κ1) is 23.1. The number of aliphatic carboxylic acids is 1. The van der Waals surface area contributed by atoms with Crippen LogP contribution in [0.15, 0.2) is 11.6 Å². The average Bonchev–Trinajstić information content (AvgIpc) is 2.57. The SMILES string of the molecule is C/C(=C\CN(C)C(=O)C(NC(=O)C1CN(C)CCN1C)C(C)(C)C)C(=O)O. The number of hydrogen-bond donors (Lipinski definition) is 2. The van der Waals surface area contributed by atoms with Gasteiger partial charge in [-0.2, -0.15) is 0 Å². The molecule has 154 valence electrons. The first-order valence-corrected chi connectivity index (χ1v) is 9.18. The summed E-state index contributed by atoms with van der Waals surface area (Å²) < 4.78 is 0. The molecule has 2 atom stereocenters. The fourth-order valence-corrected chi connectivity index (χ4v) is 2.85. The largest absolute Gasteiger partial charge is 0.478 e. The number of nitrogens with zero attached hydrogens (tertiary/aromatic N) is 3. The molecule has 1 fully saturated rings. The molecule has 0 aromatic carbocycles. The van der Waals surface area contributed by atoms with Crippen molar-refractivity contribution in [1.82, 2.24) is 20.0 Å². The molecular weight excluding hydrogens is 348 g/mol. The van der Waals surface area contributed by atoms with Crippen molar-refractivity contribution in [2.45, 2.75) is 39.8 Å². The van der Waals surface area contributed by atoms with Crippen molar-refractivity contribution in [3.63, 3.8) is 0 Å². The molecule has 8 heteroatoms. The third-order valence-electron chi connectivity index (χ3n) is 4.94. The number of likely N-dealkylation sites (N-methyl/N-ethyl adjacent to an activating group) is 3. The van der Waals surface area contributed by atoms with Gasteiger partial charge in [0.15, 0.2) is 0 Å². The molecular formula is C19H34N4O4. The molecule has 1 saturated heterocycles. The number of piperazine rings is 1. The number of hydrogen-bond acceptors (Lipinski definition) is 5. The standard InChI is InChI=1S/C19H34N4O4/c1-13(18(26)27)8-9-23(7)17(25)15(19(2,3)4)20-16(24)14-12-21(5)10-11-22(14)6/h8,14-15H,9-12H2,1-7H3,(H,20,24)(H,26,27)/b13-8+. The van der Waals surface area contributed by atoms with Gasteiger partial charge >= 0.3 is 5.97 Å². The maximum absolute atomic E-state index is 12.9. The van der Waals surface area contributed by atoms with Gasteiger partial charge in [-0.1, -0.05) is 26.8 Å². The van der Waals surface area contributed by atoms with Crippen LogP contribution in [0.4, 0.5) is 0 Å². The van der Waals surface area contributed by atoms with Crippen LogP contribution in [0.25, 0.3) is 0 Å². The van der Waals surface area contributed by atoms with Crippen molar-refractivity contribution in [1.29, 1.82) is 0 Å². The van der Waals surface area contributed by atoms with Crippen LogP contribution in [-0.4, -0.2) is 97.0 Å². The van der Waals surface area contributed by atoms with E-state index in [1.165, 1.54) is 17.9 Å². The molecule has 2 N–H and O–H groups in total. The zero-order chi connectivity index (χ0) is 20.9. The second-order valence-electron chi connectivity index (χ2n) is 8.48. The molecule has 0 aliphatic carbocycles. The Hall–Kier alpha value is -1.93. The fraction of sp³-hybridized carbons (Fsp3) is 0.737. The van der Waals surface area contributed by atoms with Crippen LogP contribution < -0.4 is 5.32 Å². The lowest BCUT2D eigenvalue weighted by molar-refractivity contribution is -0.140. The highest BCUT2D eigenvalue weighted by molar-refractivity contribution is 5.90. The quantitative estimate of drug-likeness (QED) is 0.640. The van der Waals surface area contributed by atoms with E-state index < -0.39 is 17.4 Å². The average molecular weight is 383 g/mol. The van der Waals surface area contributed by atoms with Gasteiger partial charge in [-0.3, -0.25) is 14.5 Å². The van der Waals surface area contributed by atoms with E-state index in [4.69, 9.17) is 5.11 Å². The summed E-state index contributed by atoms with van der Waals surface area (Å²) in [5.41, 5.74) is -0.302. The van der Waals surface area contributed by atoms with Crippen molar-refractivity contribution in [3.05, 3.63) is 11.6 Å². The number of carbonyl (C=O) groups is 3. The van der Waals surface area contributed by atoms with E-state index in [-0.39, 0.29) is 30.0 Å². The second kappa shape index (κ2) is 9.32.